The third-order valence-electron chi connectivity index (χ3n) is 5.89. The summed E-state index contributed by atoms with van der Waals surface area (Å²) in [6, 6.07) is 13.5. The summed E-state index contributed by atoms with van der Waals surface area (Å²) in [6.07, 6.45) is 1.46. The lowest BCUT2D eigenvalue weighted by Gasteiger charge is -2.34. The third kappa shape index (κ3) is 4.45. The van der Waals surface area contributed by atoms with E-state index < -0.39 is 10.0 Å². The third-order valence-corrected chi connectivity index (χ3v) is 7.80. The highest BCUT2D eigenvalue weighted by atomic mass is 32.2. The van der Waals surface area contributed by atoms with Crippen LogP contribution in [0.1, 0.15) is 6.92 Å². The van der Waals surface area contributed by atoms with Crippen molar-refractivity contribution in [3.05, 3.63) is 54.9 Å². The average Bonchev–Trinajstić information content (AvgIpc) is 3.33. The molecule has 12 nitrogen and oxygen atoms in total. The number of anilines is 2. The molecule has 0 unspecified atom stereocenters. The van der Waals surface area contributed by atoms with Crippen LogP contribution >= 0.6 is 0 Å². The molecule has 186 valence electrons. The van der Waals surface area contributed by atoms with E-state index in [1.165, 1.54) is 29.7 Å². The molecular weight excluding hydrogens is 484 g/mol. The standard InChI is InChI=1S/C23H24N8O4S/c1-16(32)26-17-3-9-20(10-4-17)36(33,34)30-13-11-29(12-14-30)22-21-23(25-15-24-22)31(28-27-21)18-5-7-19(35-2)8-6-18/h3-10,15H,11-14H2,1-2H3,(H,26,32). The highest BCUT2D eigenvalue weighted by Gasteiger charge is 2.30. The molecule has 1 aliphatic heterocycles. The van der Waals surface area contributed by atoms with Crippen LogP contribution in [0.2, 0.25) is 0 Å². The summed E-state index contributed by atoms with van der Waals surface area (Å²) in [6.45, 7) is 2.84. The van der Waals surface area contributed by atoms with E-state index in [2.05, 4.69) is 25.6 Å². The molecule has 5 rings (SSSR count). The number of rotatable bonds is 6. The fourth-order valence-electron chi connectivity index (χ4n) is 4.07. The molecule has 1 fully saturated rings. The SMILES string of the molecule is COc1ccc(-n2nnc3c(N4CCN(S(=O)(=O)c5ccc(NC(C)=O)cc5)CC4)ncnc32)cc1. The molecule has 3 heterocycles. The lowest BCUT2D eigenvalue weighted by atomic mass is 10.3. The van der Waals surface area contributed by atoms with Crippen LogP contribution in [-0.2, 0) is 14.8 Å². The first-order valence-corrected chi connectivity index (χ1v) is 12.6. The van der Waals surface area contributed by atoms with Gasteiger partial charge in [0.15, 0.2) is 17.0 Å². The number of nitrogens with zero attached hydrogens (tertiary/aromatic N) is 7. The molecule has 0 spiro atoms. The molecule has 13 heteroatoms. The molecular formula is C23H24N8O4S. The van der Waals surface area contributed by atoms with Gasteiger partial charge in [0.05, 0.1) is 17.7 Å². The Morgan fingerprint density at radius 1 is 0.972 bits per heavy atom. The van der Waals surface area contributed by atoms with Crippen LogP contribution in [0.4, 0.5) is 11.5 Å². The van der Waals surface area contributed by atoms with E-state index in [1.54, 1.807) is 23.9 Å². The molecule has 36 heavy (non-hydrogen) atoms. The van der Waals surface area contributed by atoms with Crippen LogP contribution in [-0.4, -0.2) is 76.9 Å². The lowest BCUT2D eigenvalue weighted by molar-refractivity contribution is -0.114. The van der Waals surface area contributed by atoms with Crippen molar-refractivity contribution in [1.29, 1.82) is 0 Å². The second-order valence-electron chi connectivity index (χ2n) is 8.17. The van der Waals surface area contributed by atoms with Gasteiger partial charge in [-0.05, 0) is 48.5 Å². The molecule has 0 radical (unpaired) electrons. The molecule has 0 atom stereocenters. The van der Waals surface area contributed by atoms with Crippen LogP contribution in [0.25, 0.3) is 16.9 Å². The first kappa shape index (κ1) is 23.6. The maximum atomic E-state index is 13.1. The Morgan fingerprint density at radius 3 is 2.31 bits per heavy atom. The smallest absolute Gasteiger partial charge is 0.243 e. The van der Waals surface area contributed by atoms with Crippen molar-refractivity contribution < 1.29 is 17.9 Å². The number of benzene rings is 2. The van der Waals surface area contributed by atoms with Crippen LogP contribution in [0.15, 0.2) is 59.8 Å². The van der Waals surface area contributed by atoms with E-state index in [1.807, 2.05) is 29.2 Å². The first-order valence-electron chi connectivity index (χ1n) is 11.2. The number of amides is 1. The number of hydrogen-bond acceptors (Lipinski definition) is 9. The van der Waals surface area contributed by atoms with Gasteiger partial charge in [0.2, 0.25) is 15.9 Å². The number of carbonyl (C=O) groups is 1. The summed E-state index contributed by atoms with van der Waals surface area (Å²) in [5, 5.41) is 11.2. The molecule has 1 saturated heterocycles. The van der Waals surface area contributed by atoms with Gasteiger partial charge < -0.3 is 15.0 Å². The average molecular weight is 509 g/mol. The van der Waals surface area contributed by atoms with Crippen LogP contribution < -0.4 is 15.0 Å². The number of piperazine rings is 1. The minimum Gasteiger partial charge on any atom is -0.497 e. The van der Waals surface area contributed by atoms with Gasteiger partial charge in [-0.1, -0.05) is 5.21 Å². The van der Waals surface area contributed by atoms with E-state index in [0.29, 0.717) is 35.8 Å². The quantitative estimate of drug-likeness (QED) is 0.413. The van der Waals surface area contributed by atoms with Crippen molar-refractivity contribution >= 4 is 38.6 Å². The minimum atomic E-state index is -3.67. The highest BCUT2D eigenvalue weighted by molar-refractivity contribution is 7.89. The van der Waals surface area contributed by atoms with Gasteiger partial charge >= 0.3 is 0 Å². The van der Waals surface area contributed by atoms with Gasteiger partial charge in [-0.15, -0.1) is 5.10 Å². The van der Waals surface area contributed by atoms with Crippen LogP contribution in [0.3, 0.4) is 0 Å². The number of aromatic nitrogens is 5. The van der Waals surface area contributed by atoms with Gasteiger partial charge in [-0.2, -0.15) is 8.99 Å². The fraction of sp³-hybridized carbons (Fsp3) is 0.261. The molecule has 0 bridgehead atoms. The fourth-order valence-corrected chi connectivity index (χ4v) is 5.49. The van der Waals surface area contributed by atoms with E-state index >= 15 is 0 Å². The van der Waals surface area contributed by atoms with E-state index in [0.717, 1.165) is 11.4 Å². The summed E-state index contributed by atoms with van der Waals surface area (Å²) in [4.78, 5) is 22.2. The lowest BCUT2D eigenvalue weighted by Crippen LogP contribution is -2.49. The summed E-state index contributed by atoms with van der Waals surface area (Å²) in [7, 11) is -2.07. The zero-order valence-corrected chi connectivity index (χ0v) is 20.5. The number of nitrogens with one attached hydrogen (secondary N) is 1. The Hall–Kier alpha value is -4.10. The molecule has 0 aliphatic carbocycles. The predicted molar refractivity (Wildman–Crippen MR) is 133 cm³/mol. The normalized spacial score (nSPS) is 14.7. The molecule has 1 aliphatic rings. The Labute approximate surface area is 207 Å². The molecule has 4 aromatic rings. The Balaban J connectivity index is 1.33. The van der Waals surface area contributed by atoms with Gasteiger partial charge in [0.25, 0.3) is 0 Å². The zero-order valence-electron chi connectivity index (χ0n) is 19.7. The predicted octanol–water partition coefficient (Wildman–Crippen LogP) is 1.69. The van der Waals surface area contributed by atoms with Crippen molar-refractivity contribution in [3.63, 3.8) is 0 Å². The van der Waals surface area contributed by atoms with E-state index in [-0.39, 0.29) is 23.9 Å². The second-order valence-corrected chi connectivity index (χ2v) is 10.1. The van der Waals surface area contributed by atoms with Gasteiger partial charge in [-0.25, -0.2) is 18.4 Å². The van der Waals surface area contributed by atoms with E-state index in [4.69, 9.17) is 4.74 Å². The summed E-state index contributed by atoms with van der Waals surface area (Å²) < 4.78 is 34.6. The van der Waals surface area contributed by atoms with Crippen molar-refractivity contribution in [2.75, 3.05) is 43.5 Å². The first-order chi connectivity index (χ1) is 17.4. The monoisotopic (exact) mass is 508 g/mol. The van der Waals surface area contributed by atoms with Gasteiger partial charge in [-0.3, -0.25) is 4.79 Å². The summed E-state index contributed by atoms with van der Waals surface area (Å²) >= 11 is 0. The number of ether oxygens (including phenoxy) is 1. The summed E-state index contributed by atoms with van der Waals surface area (Å²) in [5.74, 6) is 1.12. The number of methoxy groups -OCH3 is 1. The van der Waals surface area contributed by atoms with Crippen molar-refractivity contribution in [1.82, 2.24) is 29.3 Å². The van der Waals surface area contributed by atoms with E-state index in [9.17, 15) is 13.2 Å². The number of sulfonamides is 1. The number of fused-ring (bicyclic) bond motifs is 1. The van der Waals surface area contributed by atoms with Crippen LogP contribution in [0.5, 0.6) is 5.75 Å². The van der Waals surface area contributed by atoms with Gasteiger partial charge in [0, 0.05) is 38.8 Å². The molecule has 1 amide bonds. The van der Waals surface area contributed by atoms with Crippen LogP contribution in [0, 0.1) is 0 Å². The Bertz CT molecular complexity index is 1500. The molecule has 2 aromatic heterocycles. The zero-order chi connectivity index (χ0) is 25.3. The summed E-state index contributed by atoms with van der Waals surface area (Å²) in [5.41, 5.74) is 2.42. The van der Waals surface area contributed by atoms with Crippen molar-refractivity contribution in [2.45, 2.75) is 11.8 Å². The molecule has 1 N–H and O–H groups in total. The highest BCUT2D eigenvalue weighted by Crippen LogP contribution is 2.26. The second kappa shape index (κ2) is 9.51. The number of hydrogen-bond donors (Lipinski definition) is 1. The van der Waals surface area contributed by atoms with Crippen molar-refractivity contribution in [3.8, 4) is 11.4 Å². The Kier molecular flexibility index (Phi) is 6.24. The maximum Gasteiger partial charge on any atom is 0.243 e. The largest absolute Gasteiger partial charge is 0.497 e. The van der Waals surface area contributed by atoms with Crippen molar-refractivity contribution in [2.24, 2.45) is 0 Å². The maximum absolute atomic E-state index is 13.1. The Morgan fingerprint density at radius 2 is 1.67 bits per heavy atom. The number of carbonyl (C=O) groups excluding carboxylic acids is 1. The molecule has 0 saturated carbocycles. The topological polar surface area (TPSA) is 135 Å². The molecule has 2 aromatic carbocycles. The minimum absolute atomic E-state index is 0.178. The van der Waals surface area contributed by atoms with Gasteiger partial charge in [0.1, 0.15) is 12.1 Å².